The molecule has 5 heteroatoms. The summed E-state index contributed by atoms with van der Waals surface area (Å²) in [4.78, 5) is 27.4. The molecule has 1 saturated heterocycles. The minimum absolute atomic E-state index is 0.107. The number of benzene rings is 1. The number of hydrogen-bond donors (Lipinski definition) is 1. The number of nitrogens with zero attached hydrogens (tertiary/aromatic N) is 2. The van der Waals surface area contributed by atoms with E-state index < -0.39 is 0 Å². The van der Waals surface area contributed by atoms with Crippen LogP contribution in [0.25, 0.3) is 5.69 Å². The summed E-state index contributed by atoms with van der Waals surface area (Å²) in [7, 11) is 0. The number of piperidine rings is 1. The molecular formula is C22H27N3O2. The van der Waals surface area contributed by atoms with Crippen LogP contribution in [0.15, 0.2) is 53.5 Å². The van der Waals surface area contributed by atoms with Gasteiger partial charge in [-0.15, -0.1) is 0 Å². The van der Waals surface area contributed by atoms with Crippen LogP contribution in [-0.2, 0) is 0 Å². The zero-order valence-electron chi connectivity index (χ0n) is 15.7. The van der Waals surface area contributed by atoms with E-state index >= 15 is 0 Å². The zero-order valence-corrected chi connectivity index (χ0v) is 15.7. The van der Waals surface area contributed by atoms with Gasteiger partial charge in [0.25, 0.3) is 11.5 Å². The fraction of sp³-hybridized carbons (Fsp3) is 0.455. The summed E-state index contributed by atoms with van der Waals surface area (Å²) >= 11 is 0. The number of pyridine rings is 1. The minimum Gasteiger partial charge on any atom is -0.351 e. The van der Waals surface area contributed by atoms with Crippen LogP contribution in [0.3, 0.4) is 0 Å². The first-order valence-electron chi connectivity index (χ1n) is 9.94. The average molecular weight is 365 g/mol. The van der Waals surface area contributed by atoms with Gasteiger partial charge in [-0.25, -0.2) is 0 Å². The molecule has 0 unspecified atom stereocenters. The van der Waals surface area contributed by atoms with Crippen LogP contribution in [0.1, 0.15) is 42.5 Å². The molecule has 1 aromatic carbocycles. The van der Waals surface area contributed by atoms with Crippen LogP contribution in [-0.4, -0.2) is 41.6 Å². The second-order valence-corrected chi connectivity index (χ2v) is 7.98. The van der Waals surface area contributed by atoms with E-state index in [2.05, 4.69) is 10.2 Å². The number of carbonyl (C=O) groups is 1. The van der Waals surface area contributed by atoms with Gasteiger partial charge in [-0.2, -0.15) is 0 Å². The first-order valence-corrected chi connectivity index (χ1v) is 9.94. The molecule has 0 atom stereocenters. The van der Waals surface area contributed by atoms with E-state index in [1.165, 1.54) is 55.8 Å². The summed E-state index contributed by atoms with van der Waals surface area (Å²) in [6.45, 7) is 4.19. The molecule has 4 rings (SSSR count). The van der Waals surface area contributed by atoms with Crippen molar-refractivity contribution < 1.29 is 4.79 Å². The van der Waals surface area contributed by atoms with Gasteiger partial charge < -0.3 is 10.2 Å². The van der Waals surface area contributed by atoms with Crippen molar-refractivity contribution in [1.82, 2.24) is 14.8 Å². The summed E-state index contributed by atoms with van der Waals surface area (Å²) in [5, 5.41) is 3.11. The molecule has 5 nitrogen and oxygen atoms in total. The first-order chi connectivity index (χ1) is 13.2. The van der Waals surface area contributed by atoms with E-state index in [0.29, 0.717) is 12.1 Å². The predicted molar refractivity (Wildman–Crippen MR) is 106 cm³/mol. The number of rotatable bonds is 6. The Kier molecular flexibility index (Phi) is 5.12. The second-order valence-electron chi connectivity index (χ2n) is 7.98. The van der Waals surface area contributed by atoms with Gasteiger partial charge >= 0.3 is 0 Å². The molecule has 27 heavy (non-hydrogen) atoms. The average Bonchev–Trinajstić information content (AvgIpc) is 3.47. The molecule has 1 aliphatic heterocycles. The van der Waals surface area contributed by atoms with Gasteiger partial charge in [0.15, 0.2) is 0 Å². The predicted octanol–water partition coefficient (Wildman–Crippen LogP) is 2.83. The van der Waals surface area contributed by atoms with Crippen molar-refractivity contribution in [3.63, 3.8) is 0 Å². The number of para-hydroxylation sites is 1. The Bertz CT molecular complexity index is 849. The molecular weight excluding hydrogens is 338 g/mol. The summed E-state index contributed by atoms with van der Waals surface area (Å²) in [6.07, 6.45) is 7.95. The van der Waals surface area contributed by atoms with E-state index in [-0.39, 0.29) is 16.9 Å². The Morgan fingerprint density at radius 3 is 2.44 bits per heavy atom. The fourth-order valence-corrected chi connectivity index (χ4v) is 3.94. The molecule has 1 N–H and O–H groups in total. The molecule has 0 spiro atoms. The largest absolute Gasteiger partial charge is 0.351 e. The maximum absolute atomic E-state index is 12.7. The highest BCUT2D eigenvalue weighted by atomic mass is 16.2. The first kappa shape index (κ1) is 18.0. The normalized spacial score (nSPS) is 18.8. The summed E-state index contributed by atoms with van der Waals surface area (Å²) in [5.74, 6) is -0.107. The number of carbonyl (C=O) groups excluding carboxylic acids is 1. The second kappa shape index (κ2) is 7.69. The Labute approximate surface area is 160 Å². The van der Waals surface area contributed by atoms with E-state index in [0.717, 1.165) is 12.2 Å². The van der Waals surface area contributed by atoms with Crippen LogP contribution >= 0.6 is 0 Å². The fourth-order valence-electron chi connectivity index (χ4n) is 3.94. The molecule has 2 aliphatic rings. The van der Waals surface area contributed by atoms with Crippen LogP contribution in [0.4, 0.5) is 0 Å². The SMILES string of the molecule is O=C(NCC1(CN2CCCCC2)CC1)c1ccc(=O)n(-c2ccccc2)c1. The van der Waals surface area contributed by atoms with Crippen molar-refractivity contribution in [2.45, 2.75) is 32.1 Å². The highest BCUT2D eigenvalue weighted by Gasteiger charge is 2.44. The molecule has 0 radical (unpaired) electrons. The number of likely N-dealkylation sites (tertiary alicyclic amines) is 1. The lowest BCUT2D eigenvalue weighted by Crippen LogP contribution is -2.40. The molecule has 1 saturated carbocycles. The van der Waals surface area contributed by atoms with E-state index in [1.54, 1.807) is 12.3 Å². The minimum atomic E-state index is -0.137. The molecule has 1 amide bonds. The Morgan fingerprint density at radius 2 is 1.74 bits per heavy atom. The molecule has 2 fully saturated rings. The van der Waals surface area contributed by atoms with Gasteiger partial charge in [-0.1, -0.05) is 24.6 Å². The van der Waals surface area contributed by atoms with Gasteiger partial charge in [0.05, 0.1) is 5.56 Å². The number of nitrogens with one attached hydrogen (secondary N) is 1. The van der Waals surface area contributed by atoms with Gasteiger partial charge in [-0.05, 0) is 57.0 Å². The van der Waals surface area contributed by atoms with Crippen molar-refractivity contribution in [3.8, 4) is 5.69 Å². The van der Waals surface area contributed by atoms with Gasteiger partial charge in [0.2, 0.25) is 0 Å². The van der Waals surface area contributed by atoms with Gasteiger partial charge in [-0.3, -0.25) is 14.2 Å². The molecule has 0 bridgehead atoms. The van der Waals surface area contributed by atoms with E-state index in [9.17, 15) is 9.59 Å². The Morgan fingerprint density at radius 1 is 1.00 bits per heavy atom. The van der Waals surface area contributed by atoms with E-state index in [1.807, 2.05) is 30.3 Å². The van der Waals surface area contributed by atoms with Crippen molar-refractivity contribution in [3.05, 3.63) is 64.6 Å². The monoisotopic (exact) mass is 365 g/mol. The Hall–Kier alpha value is -2.40. The van der Waals surface area contributed by atoms with Crippen molar-refractivity contribution in [2.24, 2.45) is 5.41 Å². The number of hydrogen-bond acceptors (Lipinski definition) is 3. The van der Waals surface area contributed by atoms with Crippen molar-refractivity contribution >= 4 is 5.91 Å². The van der Waals surface area contributed by atoms with Gasteiger partial charge in [0.1, 0.15) is 0 Å². The summed E-state index contributed by atoms with van der Waals surface area (Å²) in [5.41, 5.74) is 1.40. The third-order valence-corrected chi connectivity index (χ3v) is 5.80. The molecule has 1 aliphatic carbocycles. The molecule has 142 valence electrons. The lowest BCUT2D eigenvalue weighted by Gasteiger charge is -2.30. The Balaban J connectivity index is 1.41. The lowest BCUT2D eigenvalue weighted by molar-refractivity contribution is 0.0935. The topological polar surface area (TPSA) is 54.3 Å². The van der Waals surface area contributed by atoms with Crippen LogP contribution < -0.4 is 10.9 Å². The van der Waals surface area contributed by atoms with Crippen LogP contribution in [0, 0.1) is 5.41 Å². The highest BCUT2D eigenvalue weighted by molar-refractivity contribution is 5.94. The summed E-state index contributed by atoms with van der Waals surface area (Å²) < 4.78 is 1.52. The molecule has 2 aromatic rings. The van der Waals surface area contributed by atoms with Crippen LogP contribution in [0.5, 0.6) is 0 Å². The van der Waals surface area contributed by atoms with Gasteiger partial charge in [0, 0.05) is 36.5 Å². The quantitative estimate of drug-likeness (QED) is 0.856. The standard InChI is InChI=1S/C22H27N3O2/c26-20-10-9-18(15-25(20)19-7-3-1-4-8-19)21(27)23-16-22(11-12-22)17-24-13-5-2-6-14-24/h1,3-4,7-10,15H,2,5-6,11-14,16-17H2,(H,23,27). The third-order valence-electron chi connectivity index (χ3n) is 5.80. The van der Waals surface area contributed by atoms with Crippen molar-refractivity contribution in [1.29, 1.82) is 0 Å². The maximum atomic E-state index is 12.7. The molecule has 1 aromatic heterocycles. The smallest absolute Gasteiger partial charge is 0.255 e. The third kappa shape index (κ3) is 4.30. The van der Waals surface area contributed by atoms with Crippen LogP contribution in [0.2, 0.25) is 0 Å². The lowest BCUT2D eigenvalue weighted by atomic mass is 10.0. The number of amides is 1. The highest BCUT2D eigenvalue weighted by Crippen LogP contribution is 2.46. The number of aromatic nitrogens is 1. The maximum Gasteiger partial charge on any atom is 0.255 e. The summed E-state index contributed by atoms with van der Waals surface area (Å²) in [6, 6.07) is 12.5. The zero-order chi connectivity index (χ0) is 18.7. The van der Waals surface area contributed by atoms with Crippen molar-refractivity contribution in [2.75, 3.05) is 26.2 Å². The molecule has 2 heterocycles. The van der Waals surface area contributed by atoms with E-state index in [4.69, 9.17) is 0 Å².